The molecule has 9 heteroatoms. The minimum atomic E-state index is -0.188. The third kappa shape index (κ3) is 6.05. The lowest BCUT2D eigenvalue weighted by Gasteiger charge is -2.24. The Morgan fingerprint density at radius 3 is 2.94 bits per heavy atom. The summed E-state index contributed by atoms with van der Waals surface area (Å²) in [6, 6.07) is 11.7. The van der Waals surface area contributed by atoms with Gasteiger partial charge in [-0.15, -0.1) is 5.11 Å². The van der Waals surface area contributed by atoms with Crippen LogP contribution in [0.4, 0.5) is 5.82 Å². The number of hydrogen-bond acceptors (Lipinski definition) is 9. The monoisotopic (exact) mass is 434 g/mol. The molecule has 166 valence electrons. The van der Waals surface area contributed by atoms with E-state index in [2.05, 4.69) is 36.6 Å². The maximum Gasteiger partial charge on any atom is 0.318 e. The first-order valence-corrected chi connectivity index (χ1v) is 10.6. The van der Waals surface area contributed by atoms with Crippen LogP contribution in [0.15, 0.2) is 59.0 Å². The number of nitrogens with one attached hydrogen (secondary N) is 1. The highest BCUT2D eigenvalue weighted by molar-refractivity contribution is 5.39. The molecule has 4 rings (SSSR count). The van der Waals surface area contributed by atoms with E-state index in [0.717, 1.165) is 23.4 Å². The van der Waals surface area contributed by atoms with E-state index in [1.807, 2.05) is 25.1 Å². The Morgan fingerprint density at radius 2 is 2.16 bits per heavy atom. The van der Waals surface area contributed by atoms with Crippen LogP contribution >= 0.6 is 0 Å². The fourth-order valence-electron chi connectivity index (χ4n) is 3.31. The summed E-state index contributed by atoms with van der Waals surface area (Å²) < 4.78 is 11.6. The molecule has 2 N–H and O–H groups in total. The van der Waals surface area contributed by atoms with Gasteiger partial charge < -0.3 is 19.9 Å². The van der Waals surface area contributed by atoms with Crippen molar-refractivity contribution in [2.45, 2.75) is 26.0 Å². The number of aromatic hydroxyl groups is 1. The van der Waals surface area contributed by atoms with E-state index in [1.54, 1.807) is 18.3 Å². The Bertz CT molecular complexity index is 1050. The number of nitrogens with zero attached hydrogens (tertiary/aromatic N) is 5. The lowest BCUT2D eigenvalue weighted by atomic mass is 10.1. The van der Waals surface area contributed by atoms with Gasteiger partial charge in [-0.2, -0.15) is 10.1 Å². The standard InChI is InChI=1S/C23H26N6O3/c1-16-3-2-4-17(11-16)12-27-29-22-20(21-15-24-8-10-31-21)14-26-23(28-22)32-9-7-18-5-6-19(30)13-25-18/h2-6,11,13-14,21,24,30H,7-10,12,15H2,1H3. The number of aromatic nitrogens is 3. The second-order valence-electron chi connectivity index (χ2n) is 7.49. The van der Waals surface area contributed by atoms with Crippen LogP contribution in [0.5, 0.6) is 11.8 Å². The van der Waals surface area contributed by atoms with Gasteiger partial charge in [0.15, 0.2) is 5.82 Å². The van der Waals surface area contributed by atoms with Gasteiger partial charge in [0.2, 0.25) is 0 Å². The number of hydrogen-bond donors (Lipinski definition) is 2. The Hall–Kier alpha value is -3.43. The first kappa shape index (κ1) is 21.8. The van der Waals surface area contributed by atoms with Crippen molar-refractivity contribution >= 4 is 5.82 Å². The smallest absolute Gasteiger partial charge is 0.318 e. The van der Waals surface area contributed by atoms with Crippen molar-refractivity contribution in [3.63, 3.8) is 0 Å². The molecule has 0 amide bonds. The number of ether oxygens (including phenoxy) is 2. The van der Waals surface area contributed by atoms with Gasteiger partial charge in [-0.25, -0.2) is 4.98 Å². The maximum absolute atomic E-state index is 9.33. The summed E-state index contributed by atoms with van der Waals surface area (Å²) in [6.45, 7) is 4.94. The quantitative estimate of drug-likeness (QED) is 0.522. The summed E-state index contributed by atoms with van der Waals surface area (Å²) in [5.74, 6) is 0.577. The summed E-state index contributed by atoms with van der Waals surface area (Å²) >= 11 is 0. The van der Waals surface area contributed by atoms with E-state index in [1.165, 1.54) is 11.8 Å². The fraction of sp³-hybridized carbons (Fsp3) is 0.348. The van der Waals surface area contributed by atoms with Crippen molar-refractivity contribution in [3.05, 3.63) is 71.2 Å². The van der Waals surface area contributed by atoms with E-state index >= 15 is 0 Å². The molecule has 1 unspecified atom stereocenters. The number of rotatable bonds is 8. The molecule has 0 radical (unpaired) electrons. The van der Waals surface area contributed by atoms with E-state index in [4.69, 9.17) is 9.47 Å². The minimum absolute atomic E-state index is 0.133. The van der Waals surface area contributed by atoms with Gasteiger partial charge in [-0.3, -0.25) is 4.98 Å². The molecule has 3 aromatic rings. The Morgan fingerprint density at radius 1 is 1.22 bits per heavy atom. The van der Waals surface area contributed by atoms with Crippen molar-refractivity contribution in [3.8, 4) is 11.8 Å². The lowest BCUT2D eigenvalue weighted by Crippen LogP contribution is -2.33. The van der Waals surface area contributed by atoms with Crippen LogP contribution in [0.1, 0.15) is 28.5 Å². The average Bonchev–Trinajstić information content (AvgIpc) is 2.81. The topological polar surface area (TPSA) is 114 Å². The molecule has 3 heterocycles. The highest BCUT2D eigenvalue weighted by Gasteiger charge is 2.21. The first-order chi connectivity index (χ1) is 15.7. The molecule has 1 fully saturated rings. The number of pyridine rings is 1. The van der Waals surface area contributed by atoms with Crippen LogP contribution in [0.2, 0.25) is 0 Å². The molecule has 0 saturated carbocycles. The fourth-order valence-corrected chi connectivity index (χ4v) is 3.31. The summed E-state index contributed by atoms with van der Waals surface area (Å²) in [6.07, 6.45) is 3.48. The molecular formula is C23H26N6O3. The molecule has 1 aliphatic rings. The summed E-state index contributed by atoms with van der Waals surface area (Å²) in [7, 11) is 0. The number of morpholine rings is 1. The SMILES string of the molecule is Cc1cccc(CN=Nc2nc(OCCc3ccc(O)cn3)ncc2C2CNCCO2)c1. The second-order valence-corrected chi connectivity index (χ2v) is 7.49. The number of azo groups is 1. The van der Waals surface area contributed by atoms with Gasteiger partial charge in [-0.05, 0) is 24.6 Å². The molecule has 2 aromatic heterocycles. The average molecular weight is 435 g/mol. The summed E-state index contributed by atoms with van der Waals surface area (Å²) in [5.41, 5.74) is 3.84. The molecule has 0 bridgehead atoms. The lowest BCUT2D eigenvalue weighted by molar-refractivity contribution is 0.0275. The van der Waals surface area contributed by atoms with Crippen LogP contribution in [0, 0.1) is 6.92 Å². The van der Waals surface area contributed by atoms with Crippen LogP contribution in [-0.2, 0) is 17.7 Å². The van der Waals surface area contributed by atoms with E-state index < -0.39 is 0 Å². The van der Waals surface area contributed by atoms with Gasteiger partial charge in [0.25, 0.3) is 0 Å². The van der Waals surface area contributed by atoms with E-state index in [0.29, 0.717) is 38.5 Å². The first-order valence-electron chi connectivity index (χ1n) is 10.6. The van der Waals surface area contributed by atoms with Gasteiger partial charge in [-0.1, -0.05) is 29.8 Å². The Kier molecular flexibility index (Phi) is 7.31. The number of aryl methyl sites for hydroxylation is 1. The Labute approximate surface area is 186 Å². The zero-order valence-corrected chi connectivity index (χ0v) is 17.9. The summed E-state index contributed by atoms with van der Waals surface area (Å²) in [5, 5.41) is 21.4. The molecule has 1 atom stereocenters. The van der Waals surface area contributed by atoms with Gasteiger partial charge in [0, 0.05) is 37.0 Å². The number of benzene rings is 1. The van der Waals surface area contributed by atoms with Crippen LogP contribution < -0.4 is 10.1 Å². The van der Waals surface area contributed by atoms with Crippen molar-refractivity contribution < 1.29 is 14.6 Å². The minimum Gasteiger partial charge on any atom is -0.506 e. The third-order valence-corrected chi connectivity index (χ3v) is 4.95. The van der Waals surface area contributed by atoms with Gasteiger partial charge in [0.05, 0.1) is 26.0 Å². The highest BCUT2D eigenvalue weighted by atomic mass is 16.5. The zero-order chi connectivity index (χ0) is 22.2. The molecule has 9 nitrogen and oxygen atoms in total. The summed E-state index contributed by atoms with van der Waals surface area (Å²) in [4.78, 5) is 13.0. The molecule has 0 aliphatic carbocycles. The van der Waals surface area contributed by atoms with Crippen LogP contribution in [0.3, 0.4) is 0 Å². The van der Waals surface area contributed by atoms with Gasteiger partial charge in [0.1, 0.15) is 11.9 Å². The van der Waals surface area contributed by atoms with Crippen LogP contribution in [0.25, 0.3) is 0 Å². The van der Waals surface area contributed by atoms with Crippen molar-refractivity contribution in [2.24, 2.45) is 10.2 Å². The van der Waals surface area contributed by atoms with Crippen molar-refractivity contribution in [1.29, 1.82) is 0 Å². The zero-order valence-electron chi connectivity index (χ0n) is 17.9. The molecule has 1 aromatic carbocycles. The normalized spacial score (nSPS) is 16.3. The van der Waals surface area contributed by atoms with E-state index in [-0.39, 0.29) is 17.9 Å². The largest absolute Gasteiger partial charge is 0.506 e. The third-order valence-electron chi connectivity index (χ3n) is 4.95. The highest BCUT2D eigenvalue weighted by Crippen LogP contribution is 2.28. The predicted octanol–water partition coefficient (Wildman–Crippen LogP) is 3.45. The van der Waals surface area contributed by atoms with E-state index in [9.17, 15) is 5.11 Å². The maximum atomic E-state index is 9.33. The molecule has 1 aliphatic heterocycles. The predicted molar refractivity (Wildman–Crippen MR) is 118 cm³/mol. The molecule has 0 spiro atoms. The van der Waals surface area contributed by atoms with Crippen LogP contribution in [-0.4, -0.2) is 46.4 Å². The molecule has 32 heavy (non-hydrogen) atoms. The second kappa shape index (κ2) is 10.7. The Balaban J connectivity index is 1.46. The van der Waals surface area contributed by atoms with Gasteiger partial charge >= 0.3 is 6.01 Å². The van der Waals surface area contributed by atoms with Crippen molar-refractivity contribution in [1.82, 2.24) is 20.3 Å². The van der Waals surface area contributed by atoms with Crippen molar-refractivity contribution in [2.75, 3.05) is 26.3 Å². The molecular weight excluding hydrogens is 408 g/mol. The molecule has 1 saturated heterocycles.